The Bertz CT molecular complexity index is 1920. The molecule has 0 saturated carbocycles. The Morgan fingerprint density at radius 3 is 2.41 bits per heavy atom. The van der Waals surface area contributed by atoms with Crippen molar-refractivity contribution in [1.29, 1.82) is 0 Å². The molecule has 41 heavy (non-hydrogen) atoms. The Kier molecular flexibility index (Phi) is 7.89. The molecular formula is C34H23Br2N3O2. The van der Waals surface area contributed by atoms with Gasteiger partial charge in [0.2, 0.25) is 0 Å². The van der Waals surface area contributed by atoms with E-state index in [2.05, 4.69) is 66.7 Å². The number of nitrogens with one attached hydrogen (secondary N) is 1. The van der Waals surface area contributed by atoms with E-state index in [1.807, 2.05) is 84.9 Å². The first-order valence-electron chi connectivity index (χ1n) is 12.9. The summed E-state index contributed by atoms with van der Waals surface area (Å²) in [6.45, 7) is 0.375. The molecule has 200 valence electrons. The zero-order chi connectivity index (χ0) is 28.2. The third-order valence-corrected chi connectivity index (χ3v) is 7.74. The van der Waals surface area contributed by atoms with Crippen LogP contribution in [-0.2, 0) is 6.61 Å². The topological polar surface area (TPSA) is 63.6 Å². The normalized spacial score (nSPS) is 11.3. The molecule has 1 heterocycles. The molecule has 1 N–H and O–H groups in total. The summed E-state index contributed by atoms with van der Waals surface area (Å²) in [6, 6.07) is 37.4. The number of ether oxygens (including phenoxy) is 1. The molecule has 0 fully saturated rings. The van der Waals surface area contributed by atoms with Crippen LogP contribution in [0.1, 0.15) is 21.5 Å². The van der Waals surface area contributed by atoms with Gasteiger partial charge in [0.15, 0.2) is 0 Å². The third-order valence-electron chi connectivity index (χ3n) is 6.69. The molecule has 0 aliphatic rings. The molecule has 0 unspecified atom stereocenters. The first kappa shape index (κ1) is 26.9. The fraction of sp³-hybridized carbons (Fsp3) is 0.0294. The molecular weight excluding hydrogens is 642 g/mol. The number of benzene rings is 5. The lowest BCUT2D eigenvalue weighted by Gasteiger charge is -2.13. The van der Waals surface area contributed by atoms with E-state index in [0.29, 0.717) is 23.5 Å². The molecule has 0 aliphatic heterocycles. The molecule has 5 aromatic carbocycles. The average molecular weight is 665 g/mol. The van der Waals surface area contributed by atoms with Crippen LogP contribution in [0.3, 0.4) is 0 Å². The first-order chi connectivity index (χ1) is 20.1. The Balaban J connectivity index is 1.27. The smallest absolute Gasteiger partial charge is 0.272 e. The van der Waals surface area contributed by atoms with E-state index >= 15 is 0 Å². The van der Waals surface area contributed by atoms with Crippen LogP contribution in [0, 0.1) is 0 Å². The molecule has 0 bridgehead atoms. The summed E-state index contributed by atoms with van der Waals surface area (Å²) in [5.74, 6) is 0.296. The fourth-order valence-electron chi connectivity index (χ4n) is 4.74. The van der Waals surface area contributed by atoms with Gasteiger partial charge >= 0.3 is 0 Å². The lowest BCUT2D eigenvalue weighted by atomic mass is 10.0. The van der Waals surface area contributed by atoms with Crippen LogP contribution >= 0.6 is 31.9 Å². The molecule has 6 rings (SSSR count). The number of fused-ring (bicyclic) bond motifs is 2. The number of hydrazone groups is 1. The van der Waals surface area contributed by atoms with Crippen LogP contribution in [0.25, 0.3) is 32.9 Å². The van der Waals surface area contributed by atoms with Gasteiger partial charge in [-0.2, -0.15) is 5.10 Å². The third kappa shape index (κ3) is 5.92. The van der Waals surface area contributed by atoms with Crippen molar-refractivity contribution >= 4 is 65.7 Å². The molecule has 0 radical (unpaired) electrons. The lowest BCUT2D eigenvalue weighted by molar-refractivity contribution is 0.0956. The van der Waals surface area contributed by atoms with Gasteiger partial charge in [-0.05, 0) is 56.5 Å². The number of aromatic nitrogens is 1. The maximum atomic E-state index is 13.4. The SMILES string of the molecule is O=C(N/N=C\c1cc(Br)cc(Br)c1OCc1cccc2ccccc12)c1cc(-c2ccccc2)nc2ccccc12. The zero-order valence-electron chi connectivity index (χ0n) is 21.7. The van der Waals surface area contributed by atoms with Crippen molar-refractivity contribution in [3.63, 3.8) is 0 Å². The minimum absolute atomic E-state index is 0.329. The summed E-state index contributed by atoms with van der Waals surface area (Å²) >= 11 is 7.17. The van der Waals surface area contributed by atoms with E-state index in [1.165, 1.54) is 0 Å². The van der Waals surface area contributed by atoms with Gasteiger partial charge in [-0.15, -0.1) is 0 Å². The summed E-state index contributed by atoms with van der Waals surface area (Å²) < 4.78 is 7.92. The quantitative estimate of drug-likeness (QED) is 0.137. The minimum atomic E-state index is -0.329. The van der Waals surface area contributed by atoms with Crippen LogP contribution < -0.4 is 10.2 Å². The molecule has 7 heteroatoms. The highest BCUT2D eigenvalue weighted by atomic mass is 79.9. The number of rotatable bonds is 7. The van der Waals surface area contributed by atoms with Crippen molar-refractivity contribution in [2.45, 2.75) is 6.61 Å². The Labute approximate surface area is 254 Å². The van der Waals surface area contributed by atoms with Gasteiger partial charge < -0.3 is 4.74 Å². The van der Waals surface area contributed by atoms with Crippen molar-refractivity contribution in [2.24, 2.45) is 5.10 Å². The lowest BCUT2D eigenvalue weighted by Crippen LogP contribution is -2.18. The molecule has 0 atom stereocenters. The van der Waals surface area contributed by atoms with Crippen molar-refractivity contribution in [2.75, 3.05) is 0 Å². The highest BCUT2D eigenvalue weighted by molar-refractivity contribution is 9.11. The van der Waals surface area contributed by atoms with Crippen LogP contribution in [0.5, 0.6) is 5.75 Å². The predicted molar refractivity (Wildman–Crippen MR) is 172 cm³/mol. The Morgan fingerprint density at radius 1 is 0.829 bits per heavy atom. The standard InChI is InChI=1S/C34H23Br2N3O2/c35-26-17-25(33(30(36)18-26)41-21-24-13-8-12-22-9-4-5-14-27(22)24)20-37-39-34(40)29-19-32(23-10-2-1-3-11-23)38-31-16-7-6-15-28(29)31/h1-20H,21H2,(H,39,40)/b37-20-. The molecule has 0 aliphatic carbocycles. The summed E-state index contributed by atoms with van der Waals surface area (Å²) in [4.78, 5) is 18.2. The number of carbonyl (C=O) groups is 1. The van der Waals surface area contributed by atoms with Crippen molar-refractivity contribution in [3.8, 4) is 17.0 Å². The summed E-state index contributed by atoms with van der Waals surface area (Å²) in [7, 11) is 0. The summed E-state index contributed by atoms with van der Waals surface area (Å²) in [5.41, 5.74) is 7.37. The minimum Gasteiger partial charge on any atom is -0.487 e. The summed E-state index contributed by atoms with van der Waals surface area (Å²) in [6.07, 6.45) is 1.59. The van der Waals surface area contributed by atoms with Crippen LogP contribution in [0.4, 0.5) is 0 Å². The monoisotopic (exact) mass is 663 g/mol. The number of para-hydroxylation sites is 1. The number of hydrogen-bond donors (Lipinski definition) is 1. The maximum Gasteiger partial charge on any atom is 0.272 e. The van der Waals surface area contributed by atoms with Gasteiger partial charge in [-0.25, -0.2) is 10.4 Å². The summed E-state index contributed by atoms with van der Waals surface area (Å²) in [5, 5.41) is 7.37. The second kappa shape index (κ2) is 12.0. The largest absolute Gasteiger partial charge is 0.487 e. The maximum absolute atomic E-state index is 13.4. The molecule has 5 nitrogen and oxygen atoms in total. The van der Waals surface area contributed by atoms with Crippen molar-refractivity contribution in [1.82, 2.24) is 10.4 Å². The van der Waals surface area contributed by atoms with E-state index < -0.39 is 0 Å². The van der Waals surface area contributed by atoms with Gasteiger partial charge in [-0.1, -0.05) is 107 Å². The van der Waals surface area contributed by atoms with Crippen LogP contribution in [-0.4, -0.2) is 17.1 Å². The molecule has 1 amide bonds. The number of pyridine rings is 1. The van der Waals surface area contributed by atoms with Crippen molar-refractivity contribution in [3.05, 3.63) is 141 Å². The van der Waals surface area contributed by atoms with Crippen LogP contribution in [0.2, 0.25) is 0 Å². The number of hydrogen-bond acceptors (Lipinski definition) is 4. The Hall–Kier alpha value is -4.33. The molecule has 0 saturated heterocycles. The van der Waals surface area contributed by atoms with E-state index in [0.717, 1.165) is 47.4 Å². The predicted octanol–water partition coefficient (Wildman–Crippen LogP) is 8.92. The van der Waals surface area contributed by atoms with E-state index in [1.54, 1.807) is 12.3 Å². The number of nitrogens with zero attached hydrogens (tertiary/aromatic N) is 2. The van der Waals surface area contributed by atoms with Gasteiger partial charge in [0.1, 0.15) is 12.4 Å². The number of halogens is 2. The Morgan fingerprint density at radius 2 is 1.56 bits per heavy atom. The van der Waals surface area contributed by atoms with Gasteiger partial charge in [0.25, 0.3) is 5.91 Å². The molecule has 1 aromatic heterocycles. The second-order valence-corrected chi connectivity index (χ2v) is 11.1. The number of amides is 1. The molecule has 6 aromatic rings. The molecule has 0 spiro atoms. The highest BCUT2D eigenvalue weighted by Gasteiger charge is 2.15. The van der Waals surface area contributed by atoms with E-state index in [4.69, 9.17) is 9.72 Å². The van der Waals surface area contributed by atoms with Crippen molar-refractivity contribution < 1.29 is 9.53 Å². The van der Waals surface area contributed by atoms with Gasteiger partial charge in [0, 0.05) is 21.0 Å². The van der Waals surface area contributed by atoms with Crippen LogP contribution in [0.15, 0.2) is 129 Å². The zero-order valence-corrected chi connectivity index (χ0v) is 24.9. The number of carbonyl (C=O) groups excluding carboxylic acids is 1. The van der Waals surface area contributed by atoms with E-state index in [-0.39, 0.29) is 5.91 Å². The first-order valence-corrected chi connectivity index (χ1v) is 14.5. The highest BCUT2D eigenvalue weighted by Crippen LogP contribution is 2.33. The average Bonchev–Trinajstić information content (AvgIpc) is 3.00. The fourth-order valence-corrected chi connectivity index (χ4v) is 6.11. The van der Waals surface area contributed by atoms with E-state index in [9.17, 15) is 4.79 Å². The van der Waals surface area contributed by atoms with Gasteiger partial charge in [-0.3, -0.25) is 4.79 Å². The van der Waals surface area contributed by atoms with Gasteiger partial charge in [0.05, 0.1) is 27.5 Å². The second-order valence-electron chi connectivity index (χ2n) is 9.37.